The van der Waals surface area contributed by atoms with Crippen molar-refractivity contribution in [1.82, 2.24) is 19.8 Å². The molecule has 2 amide bonds. The monoisotopic (exact) mass is 575 g/mol. The molecule has 2 aliphatic rings. The minimum absolute atomic E-state index is 0.0680. The number of aromatic nitrogens is 2. The van der Waals surface area contributed by atoms with Crippen molar-refractivity contribution >= 4 is 11.8 Å². The van der Waals surface area contributed by atoms with Crippen LogP contribution in [0.2, 0.25) is 0 Å². The number of piperazine rings is 1. The summed E-state index contributed by atoms with van der Waals surface area (Å²) in [5, 5.41) is 3.42. The first kappa shape index (κ1) is 29.6. The maximum Gasteiger partial charge on any atom is 0.275 e. The highest BCUT2D eigenvalue weighted by molar-refractivity contribution is 5.98. The van der Waals surface area contributed by atoms with Crippen molar-refractivity contribution < 1.29 is 23.8 Å². The first-order chi connectivity index (χ1) is 20.5. The normalized spacial score (nSPS) is 20.7. The molecule has 10 nitrogen and oxygen atoms in total. The van der Waals surface area contributed by atoms with Crippen molar-refractivity contribution in [2.45, 2.75) is 44.2 Å². The molecule has 3 aromatic rings. The van der Waals surface area contributed by atoms with Crippen LogP contribution in [-0.2, 0) is 4.74 Å². The predicted octanol–water partition coefficient (Wildman–Crippen LogP) is 3.92. The van der Waals surface area contributed by atoms with Crippen molar-refractivity contribution in [2.24, 2.45) is 11.7 Å². The molecule has 1 aliphatic heterocycles. The number of carbonyl (C=O) groups is 2. The summed E-state index contributed by atoms with van der Waals surface area (Å²) in [6, 6.07) is 15.1. The van der Waals surface area contributed by atoms with Gasteiger partial charge in [0.2, 0.25) is 5.91 Å². The Morgan fingerprint density at radius 3 is 2.64 bits per heavy atom. The number of carbonyl (C=O) groups excluding carboxylic acids is 2. The summed E-state index contributed by atoms with van der Waals surface area (Å²) in [4.78, 5) is 32.5. The maximum atomic E-state index is 14.2. The molecule has 2 fully saturated rings. The van der Waals surface area contributed by atoms with E-state index in [-0.39, 0.29) is 18.0 Å². The maximum absolute atomic E-state index is 14.2. The fourth-order valence-corrected chi connectivity index (χ4v) is 6.28. The van der Waals surface area contributed by atoms with Crippen molar-refractivity contribution in [1.29, 1.82) is 0 Å². The number of hydrogen-bond acceptors (Lipinski definition) is 7. The van der Waals surface area contributed by atoms with Crippen LogP contribution in [-0.4, -0.2) is 79.4 Å². The van der Waals surface area contributed by atoms with Gasteiger partial charge < -0.3 is 34.7 Å². The van der Waals surface area contributed by atoms with Gasteiger partial charge in [-0.15, -0.1) is 0 Å². The predicted molar refractivity (Wildman–Crippen MR) is 160 cm³/mol. The topological polar surface area (TPSA) is 121 Å². The molecule has 3 atom stereocenters. The van der Waals surface area contributed by atoms with Gasteiger partial charge in [0.1, 0.15) is 0 Å². The van der Waals surface area contributed by atoms with Crippen LogP contribution in [0.25, 0.3) is 11.3 Å². The van der Waals surface area contributed by atoms with Gasteiger partial charge in [0.15, 0.2) is 17.2 Å². The summed E-state index contributed by atoms with van der Waals surface area (Å²) in [7, 11) is 3.28. The molecular weight excluding hydrogens is 534 g/mol. The van der Waals surface area contributed by atoms with Crippen molar-refractivity contribution in [3.8, 4) is 22.8 Å². The lowest BCUT2D eigenvalue weighted by Gasteiger charge is -2.36. The third-order valence-electron chi connectivity index (χ3n) is 8.42. The van der Waals surface area contributed by atoms with Crippen LogP contribution in [0, 0.1) is 5.92 Å². The summed E-state index contributed by atoms with van der Waals surface area (Å²) in [6.07, 6.45) is 6.95. The zero-order valence-corrected chi connectivity index (χ0v) is 24.5. The molecule has 1 aromatic heterocycles. The molecule has 10 heteroatoms. The minimum Gasteiger partial charge on any atom is -0.493 e. The molecule has 1 aliphatic carbocycles. The highest BCUT2D eigenvalue weighted by Gasteiger charge is 2.34. The van der Waals surface area contributed by atoms with Crippen LogP contribution in [0.4, 0.5) is 0 Å². The van der Waals surface area contributed by atoms with Crippen LogP contribution in [0.3, 0.4) is 0 Å². The van der Waals surface area contributed by atoms with Crippen molar-refractivity contribution in [3.05, 3.63) is 66.1 Å². The number of amides is 2. The third-order valence-corrected chi connectivity index (χ3v) is 8.42. The van der Waals surface area contributed by atoms with Crippen LogP contribution in [0.15, 0.2) is 54.9 Å². The lowest BCUT2D eigenvalue weighted by atomic mass is 9.84. The van der Waals surface area contributed by atoms with E-state index < -0.39 is 5.91 Å². The Morgan fingerprint density at radius 1 is 1.07 bits per heavy atom. The Balaban J connectivity index is 1.37. The molecule has 5 rings (SSSR count). The molecule has 0 unspecified atom stereocenters. The first-order valence-electron chi connectivity index (χ1n) is 14.7. The van der Waals surface area contributed by atoms with E-state index in [0.717, 1.165) is 30.5 Å². The average molecular weight is 576 g/mol. The smallest absolute Gasteiger partial charge is 0.275 e. The number of nitrogens with two attached hydrogens (primary N) is 1. The van der Waals surface area contributed by atoms with Crippen LogP contribution < -0.4 is 20.5 Å². The van der Waals surface area contributed by atoms with Crippen molar-refractivity contribution in [2.75, 3.05) is 47.1 Å². The standard InChI is InChI=1S/C32H41N5O5/c1-40-20-24-10-6-7-11-26(24)37-21-35-29(30(37)22-8-4-3-5-9-22)32(39)36-16-15-34-19-25(36)14-17-42-27-13-12-23(31(33)38)18-28(27)41-2/h3-5,8-9,12-13,18,21,24-26,34H,6-7,10-11,14-17,19-20H2,1-2H3,(H2,33,38)/t24-,25+,26+/m0/s1. The molecule has 1 saturated carbocycles. The number of methoxy groups -OCH3 is 2. The van der Waals surface area contributed by atoms with E-state index in [1.165, 1.54) is 13.5 Å². The van der Waals surface area contributed by atoms with Gasteiger partial charge in [-0.3, -0.25) is 9.59 Å². The second kappa shape index (κ2) is 13.8. The molecule has 2 heterocycles. The van der Waals surface area contributed by atoms with Gasteiger partial charge in [0.05, 0.1) is 32.3 Å². The Kier molecular flexibility index (Phi) is 9.76. The van der Waals surface area contributed by atoms with E-state index in [9.17, 15) is 9.59 Å². The van der Waals surface area contributed by atoms with Gasteiger partial charge in [0, 0.05) is 62.3 Å². The van der Waals surface area contributed by atoms with Gasteiger partial charge in [-0.25, -0.2) is 4.98 Å². The van der Waals surface area contributed by atoms with E-state index in [1.807, 2.05) is 29.4 Å². The molecule has 3 N–H and O–H groups in total. The molecule has 0 spiro atoms. The zero-order chi connectivity index (χ0) is 29.5. The average Bonchev–Trinajstić information content (AvgIpc) is 3.47. The van der Waals surface area contributed by atoms with Crippen molar-refractivity contribution in [3.63, 3.8) is 0 Å². The van der Waals surface area contributed by atoms with E-state index in [2.05, 4.69) is 22.0 Å². The Hall–Kier alpha value is -3.89. The third kappa shape index (κ3) is 6.44. The van der Waals surface area contributed by atoms with Crippen LogP contribution in [0.1, 0.15) is 59.0 Å². The number of hydrogen-bond donors (Lipinski definition) is 2. The first-order valence-corrected chi connectivity index (χ1v) is 14.7. The molecule has 42 heavy (non-hydrogen) atoms. The fourth-order valence-electron chi connectivity index (χ4n) is 6.28. The summed E-state index contributed by atoms with van der Waals surface area (Å²) in [5.74, 6) is 0.737. The lowest BCUT2D eigenvalue weighted by Crippen LogP contribution is -2.54. The van der Waals surface area contributed by atoms with Crippen LogP contribution in [0.5, 0.6) is 11.5 Å². The van der Waals surface area contributed by atoms with E-state index in [1.54, 1.807) is 25.3 Å². The molecule has 0 radical (unpaired) electrons. The molecule has 0 bridgehead atoms. The van der Waals surface area contributed by atoms with Gasteiger partial charge in [-0.05, 0) is 31.0 Å². The van der Waals surface area contributed by atoms with Crippen LogP contribution >= 0.6 is 0 Å². The zero-order valence-electron chi connectivity index (χ0n) is 24.5. The Morgan fingerprint density at radius 2 is 1.88 bits per heavy atom. The van der Waals surface area contributed by atoms with Gasteiger partial charge in [0.25, 0.3) is 5.91 Å². The minimum atomic E-state index is -0.530. The van der Waals surface area contributed by atoms with Gasteiger partial charge in [-0.1, -0.05) is 43.2 Å². The highest BCUT2D eigenvalue weighted by Crippen LogP contribution is 2.38. The summed E-state index contributed by atoms with van der Waals surface area (Å²) < 4.78 is 19.3. The summed E-state index contributed by atoms with van der Waals surface area (Å²) in [5.41, 5.74) is 8.10. The fraction of sp³-hybridized carbons (Fsp3) is 0.469. The number of benzene rings is 2. The molecular formula is C32H41N5O5. The number of imidazole rings is 1. The summed E-state index contributed by atoms with van der Waals surface area (Å²) >= 11 is 0. The number of primary amides is 1. The van der Waals surface area contributed by atoms with E-state index >= 15 is 0 Å². The Bertz CT molecular complexity index is 1360. The quantitative estimate of drug-likeness (QED) is 0.356. The lowest BCUT2D eigenvalue weighted by molar-refractivity contribution is 0.0600. The second-order valence-electron chi connectivity index (χ2n) is 11.0. The number of ether oxygens (including phenoxy) is 3. The SMILES string of the molecule is COC[C@@H]1CCCC[C@H]1n1cnc(C(=O)N2CCNC[C@H]2CCOc2ccc(C(N)=O)cc2OC)c1-c1ccccc1. The molecule has 224 valence electrons. The number of rotatable bonds is 11. The van der Waals surface area contributed by atoms with E-state index in [0.29, 0.717) is 67.9 Å². The van der Waals surface area contributed by atoms with E-state index in [4.69, 9.17) is 24.9 Å². The largest absolute Gasteiger partial charge is 0.493 e. The van der Waals surface area contributed by atoms with Gasteiger partial charge >= 0.3 is 0 Å². The number of nitrogens with zero attached hydrogens (tertiary/aromatic N) is 3. The second-order valence-corrected chi connectivity index (χ2v) is 11.0. The Labute approximate surface area is 247 Å². The van der Waals surface area contributed by atoms with Gasteiger partial charge in [-0.2, -0.15) is 0 Å². The summed E-state index contributed by atoms with van der Waals surface area (Å²) in [6.45, 7) is 3.01. The molecule has 1 saturated heterocycles. The highest BCUT2D eigenvalue weighted by atomic mass is 16.5. The number of nitrogens with one attached hydrogen (secondary N) is 1. The molecule has 2 aromatic carbocycles.